The van der Waals surface area contributed by atoms with E-state index >= 15 is 0 Å². The number of amidine groups is 1. The number of hydrogen-bond acceptors (Lipinski definition) is 8. The molecular formula is C23H21N7O4. The summed E-state index contributed by atoms with van der Waals surface area (Å²) in [5, 5.41) is 12.1. The molecule has 34 heavy (non-hydrogen) atoms. The predicted molar refractivity (Wildman–Crippen MR) is 122 cm³/mol. The van der Waals surface area contributed by atoms with Crippen LogP contribution < -0.4 is 25.6 Å². The third-order valence-corrected chi connectivity index (χ3v) is 5.49. The van der Waals surface area contributed by atoms with Gasteiger partial charge in [0.05, 0.1) is 7.11 Å². The van der Waals surface area contributed by atoms with Crippen LogP contribution >= 0.6 is 0 Å². The second-order valence-corrected chi connectivity index (χ2v) is 7.60. The van der Waals surface area contributed by atoms with Crippen molar-refractivity contribution in [2.75, 3.05) is 13.9 Å². The van der Waals surface area contributed by atoms with Gasteiger partial charge in [0.15, 0.2) is 11.5 Å². The molecule has 0 amide bonds. The van der Waals surface area contributed by atoms with Gasteiger partial charge in [-0.25, -0.2) is 14.8 Å². The van der Waals surface area contributed by atoms with E-state index in [0.717, 1.165) is 15.8 Å². The van der Waals surface area contributed by atoms with Crippen molar-refractivity contribution in [3.63, 3.8) is 0 Å². The molecule has 11 nitrogen and oxygen atoms in total. The lowest BCUT2D eigenvalue weighted by molar-refractivity contribution is 0.171. The maximum absolute atomic E-state index is 12.7. The zero-order chi connectivity index (χ0) is 23.7. The maximum Gasteiger partial charge on any atom is 0.350 e. The first-order valence-electron chi connectivity index (χ1n) is 10.4. The lowest BCUT2D eigenvalue weighted by Crippen LogP contribution is -2.18. The van der Waals surface area contributed by atoms with Gasteiger partial charge in [-0.15, -0.1) is 9.78 Å². The number of nitrogen functional groups attached to an aromatic ring is 1. The first-order chi connectivity index (χ1) is 16.5. The Balaban J connectivity index is 1.60. The van der Waals surface area contributed by atoms with Crippen LogP contribution in [-0.2, 0) is 6.42 Å². The number of methoxy groups -OCH3 is 1. The first-order valence-corrected chi connectivity index (χ1v) is 10.4. The topological polar surface area (TPSA) is 154 Å². The highest BCUT2D eigenvalue weighted by Gasteiger charge is 2.27. The summed E-state index contributed by atoms with van der Waals surface area (Å²) in [4.78, 5) is 23.8. The van der Waals surface area contributed by atoms with Crippen molar-refractivity contribution in [1.29, 1.82) is 5.41 Å². The molecule has 11 heteroatoms. The van der Waals surface area contributed by atoms with Crippen LogP contribution in [0, 0.1) is 5.41 Å². The standard InChI is InChI=1S/C23H21N7O4/c1-32-17-10-15(11-18-19(17)34-12-33-18)16(9-13-3-5-14(6-4-13)20(24)25)21-28-23(31)30(29-21)22-26-7-2-8-27-22/h2-8,10-11,16H,9,12H2,1H3,(H3,24,25)(H,28,29,31). The van der Waals surface area contributed by atoms with Crippen LogP contribution in [-0.4, -0.2) is 44.5 Å². The van der Waals surface area contributed by atoms with Crippen molar-refractivity contribution >= 4 is 5.84 Å². The molecule has 1 unspecified atom stereocenters. The average molecular weight is 459 g/mol. The number of ether oxygens (including phenoxy) is 3. The molecule has 172 valence electrons. The molecule has 5 rings (SSSR count). The van der Waals surface area contributed by atoms with Crippen LogP contribution in [0.15, 0.2) is 59.7 Å². The van der Waals surface area contributed by atoms with Crippen LogP contribution in [0.1, 0.15) is 28.4 Å². The minimum absolute atomic E-state index is 0.00505. The summed E-state index contributed by atoms with van der Waals surface area (Å²) in [5.74, 6) is 1.83. The third-order valence-electron chi connectivity index (χ3n) is 5.49. The number of fused-ring (bicyclic) bond motifs is 1. The van der Waals surface area contributed by atoms with Crippen LogP contribution in [0.3, 0.4) is 0 Å². The van der Waals surface area contributed by atoms with E-state index in [0.29, 0.717) is 35.1 Å². The van der Waals surface area contributed by atoms with Crippen LogP contribution in [0.25, 0.3) is 5.95 Å². The molecule has 3 heterocycles. The molecule has 1 aliphatic rings. The quantitative estimate of drug-likeness (QED) is 0.279. The molecule has 0 saturated carbocycles. The van der Waals surface area contributed by atoms with Gasteiger partial charge in [0.25, 0.3) is 5.95 Å². The highest BCUT2D eigenvalue weighted by Crippen LogP contribution is 2.44. The van der Waals surface area contributed by atoms with E-state index < -0.39 is 5.69 Å². The normalized spacial score (nSPS) is 13.0. The van der Waals surface area contributed by atoms with Crippen molar-refractivity contribution in [2.24, 2.45) is 5.73 Å². The Kier molecular flexibility index (Phi) is 5.42. The Morgan fingerprint density at radius 1 is 1.24 bits per heavy atom. The van der Waals surface area contributed by atoms with E-state index in [1.165, 1.54) is 0 Å². The van der Waals surface area contributed by atoms with Gasteiger partial charge < -0.3 is 19.9 Å². The van der Waals surface area contributed by atoms with Crippen LogP contribution in [0.5, 0.6) is 17.2 Å². The molecule has 1 atom stereocenters. The number of nitrogens with zero attached hydrogens (tertiary/aromatic N) is 4. The third kappa shape index (κ3) is 3.94. The van der Waals surface area contributed by atoms with E-state index in [1.54, 1.807) is 37.7 Å². The van der Waals surface area contributed by atoms with E-state index in [4.69, 9.17) is 25.4 Å². The zero-order valence-corrected chi connectivity index (χ0v) is 18.2. The van der Waals surface area contributed by atoms with Gasteiger partial charge in [0.1, 0.15) is 11.7 Å². The van der Waals surface area contributed by atoms with E-state index in [1.807, 2.05) is 24.3 Å². The summed E-state index contributed by atoms with van der Waals surface area (Å²) in [6.45, 7) is 0.100. The number of aromatic nitrogens is 5. The Morgan fingerprint density at radius 3 is 2.71 bits per heavy atom. The monoisotopic (exact) mass is 459 g/mol. The van der Waals surface area contributed by atoms with E-state index in [2.05, 4.69) is 20.1 Å². The Morgan fingerprint density at radius 2 is 2.00 bits per heavy atom. The van der Waals surface area contributed by atoms with Gasteiger partial charge >= 0.3 is 5.69 Å². The molecule has 1 aliphatic heterocycles. The molecule has 0 bridgehead atoms. The molecule has 2 aromatic heterocycles. The second kappa shape index (κ2) is 8.70. The smallest absolute Gasteiger partial charge is 0.350 e. The lowest BCUT2D eigenvalue weighted by atomic mass is 9.90. The van der Waals surface area contributed by atoms with Gasteiger partial charge in [0.2, 0.25) is 12.5 Å². The molecule has 0 radical (unpaired) electrons. The maximum atomic E-state index is 12.7. The number of benzene rings is 2. The average Bonchev–Trinajstić information content (AvgIpc) is 3.49. The summed E-state index contributed by atoms with van der Waals surface area (Å²) >= 11 is 0. The number of hydrogen-bond donors (Lipinski definition) is 3. The highest BCUT2D eigenvalue weighted by atomic mass is 16.7. The minimum Gasteiger partial charge on any atom is -0.493 e. The number of H-pyrrole nitrogens is 1. The Bertz CT molecular complexity index is 1400. The molecule has 4 aromatic rings. The first kappa shape index (κ1) is 21.2. The van der Waals surface area contributed by atoms with Gasteiger partial charge in [-0.05, 0) is 35.7 Å². The summed E-state index contributed by atoms with van der Waals surface area (Å²) < 4.78 is 17.8. The SMILES string of the molecule is COc1cc(C(Cc2ccc(C(=N)N)cc2)c2nn(-c3ncccn3)c(=O)[nH]2)cc2c1OCO2. The fraction of sp³-hybridized carbons (Fsp3) is 0.174. The zero-order valence-electron chi connectivity index (χ0n) is 18.2. The summed E-state index contributed by atoms with van der Waals surface area (Å²) in [7, 11) is 1.56. The number of aromatic amines is 1. The molecule has 0 fully saturated rings. The van der Waals surface area contributed by atoms with Gasteiger partial charge in [-0.2, -0.15) is 0 Å². The second-order valence-electron chi connectivity index (χ2n) is 7.60. The molecular weight excluding hydrogens is 438 g/mol. The predicted octanol–water partition coefficient (Wildman–Crippen LogP) is 1.75. The summed E-state index contributed by atoms with van der Waals surface area (Å²) in [5.41, 5.74) is 7.53. The molecule has 0 aliphatic carbocycles. The van der Waals surface area contributed by atoms with Crippen molar-refractivity contribution in [3.05, 3.63) is 87.9 Å². The number of rotatable bonds is 7. The molecule has 2 aromatic carbocycles. The fourth-order valence-corrected chi connectivity index (χ4v) is 3.81. The van der Waals surface area contributed by atoms with Crippen molar-refractivity contribution in [2.45, 2.75) is 12.3 Å². The van der Waals surface area contributed by atoms with Crippen molar-refractivity contribution < 1.29 is 14.2 Å². The summed E-state index contributed by atoms with van der Waals surface area (Å²) in [6.07, 6.45) is 3.57. The largest absolute Gasteiger partial charge is 0.493 e. The van der Waals surface area contributed by atoms with Gasteiger partial charge in [-0.1, -0.05) is 24.3 Å². The van der Waals surface area contributed by atoms with Gasteiger partial charge in [0, 0.05) is 23.9 Å². The van der Waals surface area contributed by atoms with Crippen LogP contribution in [0.4, 0.5) is 0 Å². The Labute approximate surface area is 193 Å². The number of nitrogens with two attached hydrogens (primary N) is 1. The number of nitrogens with one attached hydrogen (secondary N) is 2. The van der Waals surface area contributed by atoms with E-state index in [9.17, 15) is 4.79 Å². The molecule has 4 N–H and O–H groups in total. The Hall–Kier alpha value is -4.67. The van der Waals surface area contributed by atoms with E-state index in [-0.39, 0.29) is 24.5 Å². The minimum atomic E-state index is -0.453. The fourth-order valence-electron chi connectivity index (χ4n) is 3.81. The van der Waals surface area contributed by atoms with Gasteiger partial charge in [-0.3, -0.25) is 10.4 Å². The van der Waals surface area contributed by atoms with Crippen LogP contribution in [0.2, 0.25) is 0 Å². The highest BCUT2D eigenvalue weighted by molar-refractivity contribution is 5.94. The lowest BCUT2D eigenvalue weighted by Gasteiger charge is -2.17. The summed E-state index contributed by atoms with van der Waals surface area (Å²) in [6, 6.07) is 12.7. The van der Waals surface area contributed by atoms with Crippen molar-refractivity contribution in [3.8, 4) is 23.2 Å². The van der Waals surface area contributed by atoms with Crippen molar-refractivity contribution in [1.82, 2.24) is 24.7 Å². The molecule has 0 saturated heterocycles. The molecule has 0 spiro atoms.